The topological polar surface area (TPSA) is 123 Å². The smallest absolute Gasteiger partial charge is 0.373 e. The molecule has 2 aromatic heterocycles. The van der Waals surface area contributed by atoms with Gasteiger partial charge in [-0.2, -0.15) is 0 Å². The van der Waals surface area contributed by atoms with Gasteiger partial charge in [0.2, 0.25) is 11.7 Å². The van der Waals surface area contributed by atoms with Gasteiger partial charge in [-0.25, -0.2) is 9.59 Å². The van der Waals surface area contributed by atoms with Gasteiger partial charge in [0.15, 0.2) is 0 Å². The highest BCUT2D eigenvalue weighted by molar-refractivity contribution is 6.14. The Kier molecular flexibility index (Phi) is 6.30. The maximum Gasteiger partial charge on any atom is 0.373 e. The lowest BCUT2D eigenvalue weighted by Gasteiger charge is -2.27. The second-order valence-electron chi connectivity index (χ2n) is 8.36. The molecule has 1 aromatic carbocycles. The normalized spacial score (nSPS) is 17.2. The first-order valence-corrected chi connectivity index (χ1v) is 11.4. The number of hydrogen-bond donors (Lipinski definition) is 1. The van der Waals surface area contributed by atoms with Gasteiger partial charge < -0.3 is 28.7 Å². The molecule has 1 N–H and O–H groups in total. The number of para-hydroxylation sites is 1. The van der Waals surface area contributed by atoms with Crippen LogP contribution in [0.3, 0.4) is 0 Å². The number of methoxy groups -OCH3 is 1. The minimum absolute atomic E-state index is 0.0144. The van der Waals surface area contributed by atoms with Crippen molar-refractivity contribution in [2.45, 2.75) is 13.1 Å². The summed E-state index contributed by atoms with van der Waals surface area (Å²) in [5.41, 5.74) is 1.63. The zero-order valence-corrected chi connectivity index (χ0v) is 19.6. The zero-order chi connectivity index (χ0) is 25.2. The number of benzene rings is 1. The van der Waals surface area contributed by atoms with Crippen molar-refractivity contribution < 1.29 is 33.1 Å². The molecule has 4 amide bonds. The van der Waals surface area contributed by atoms with Crippen LogP contribution in [0.15, 0.2) is 52.7 Å². The number of morpholine rings is 1. The number of rotatable bonds is 6. The molecule has 0 spiro atoms. The summed E-state index contributed by atoms with van der Waals surface area (Å²) in [6.45, 7) is 2.17. The predicted octanol–water partition coefficient (Wildman–Crippen LogP) is 1.97. The molecule has 2 fully saturated rings. The third kappa shape index (κ3) is 4.48. The summed E-state index contributed by atoms with van der Waals surface area (Å²) in [5.74, 6) is -0.952. The van der Waals surface area contributed by atoms with Gasteiger partial charge in [0.1, 0.15) is 18.0 Å². The number of furan rings is 1. The van der Waals surface area contributed by atoms with Crippen LogP contribution in [0.1, 0.15) is 21.9 Å². The summed E-state index contributed by atoms with van der Waals surface area (Å²) in [7, 11) is 1.23. The number of esters is 1. The molecule has 0 bridgehead atoms. The Hall–Kier alpha value is -4.38. The molecule has 36 heavy (non-hydrogen) atoms. The van der Waals surface area contributed by atoms with E-state index in [1.807, 2.05) is 28.8 Å². The number of amides is 4. The highest BCUT2D eigenvalue weighted by atomic mass is 16.5. The van der Waals surface area contributed by atoms with Crippen LogP contribution in [0, 0.1) is 0 Å². The highest BCUT2D eigenvalue weighted by Gasteiger charge is 2.34. The first-order valence-electron chi connectivity index (χ1n) is 11.4. The van der Waals surface area contributed by atoms with Gasteiger partial charge in [-0.1, -0.05) is 18.2 Å². The Bertz CT molecular complexity index is 1380. The molecule has 3 aromatic rings. The van der Waals surface area contributed by atoms with E-state index in [1.54, 1.807) is 17.2 Å². The second kappa shape index (κ2) is 9.70. The summed E-state index contributed by atoms with van der Waals surface area (Å²) in [5, 5.41) is 3.44. The number of nitrogens with one attached hydrogen (secondary N) is 1. The minimum atomic E-state index is -0.650. The highest BCUT2D eigenvalue weighted by Crippen LogP contribution is 2.26. The lowest BCUT2D eigenvalue weighted by Crippen LogP contribution is -2.42. The average Bonchev–Trinajstić information content (AvgIpc) is 3.58. The molecule has 4 heterocycles. The standard InChI is InChI=1S/C25H24N4O7/c1-34-24(32)21-7-6-17(36-21)14-29-23(31)19(26-25(29)33)12-16-13-28(20-5-3-2-4-18(16)20)15-22(30)27-8-10-35-11-9-27/h2-7,12-13H,8-11,14-15H2,1H3,(H,26,33). The molecule has 0 unspecified atom stereocenters. The van der Waals surface area contributed by atoms with Gasteiger partial charge in [-0.05, 0) is 24.3 Å². The number of carbonyl (C=O) groups is 4. The molecular weight excluding hydrogens is 468 g/mol. The van der Waals surface area contributed by atoms with Crippen LogP contribution < -0.4 is 5.32 Å². The summed E-state index contributed by atoms with van der Waals surface area (Å²) >= 11 is 0. The fourth-order valence-corrected chi connectivity index (χ4v) is 4.28. The van der Waals surface area contributed by atoms with Gasteiger partial charge in [0.25, 0.3) is 5.91 Å². The first-order chi connectivity index (χ1) is 17.4. The van der Waals surface area contributed by atoms with Crippen molar-refractivity contribution in [3.63, 3.8) is 0 Å². The van der Waals surface area contributed by atoms with Crippen molar-refractivity contribution in [3.8, 4) is 0 Å². The lowest BCUT2D eigenvalue weighted by atomic mass is 10.1. The SMILES string of the molecule is COC(=O)c1ccc(CN2C(=O)NC(=Cc3cn(CC(=O)N4CCOCC4)c4ccccc34)C2=O)o1. The minimum Gasteiger partial charge on any atom is -0.463 e. The molecule has 0 aliphatic carbocycles. The Labute approximate surface area is 205 Å². The van der Waals surface area contributed by atoms with Crippen molar-refractivity contribution >= 4 is 40.8 Å². The van der Waals surface area contributed by atoms with E-state index < -0.39 is 17.9 Å². The maximum absolute atomic E-state index is 13.0. The van der Waals surface area contributed by atoms with Crippen LogP contribution in [0.4, 0.5) is 4.79 Å². The number of ether oxygens (including phenoxy) is 2. The number of aromatic nitrogens is 1. The predicted molar refractivity (Wildman–Crippen MR) is 126 cm³/mol. The largest absolute Gasteiger partial charge is 0.463 e. The molecule has 0 radical (unpaired) electrons. The van der Waals surface area contributed by atoms with Crippen LogP contribution >= 0.6 is 0 Å². The molecule has 11 nitrogen and oxygen atoms in total. The van der Waals surface area contributed by atoms with E-state index in [1.165, 1.54) is 19.2 Å². The van der Waals surface area contributed by atoms with Crippen LogP contribution in [-0.4, -0.2) is 71.6 Å². The number of urea groups is 1. The van der Waals surface area contributed by atoms with E-state index >= 15 is 0 Å². The number of nitrogens with zero attached hydrogens (tertiary/aromatic N) is 3. The summed E-state index contributed by atoms with van der Waals surface area (Å²) < 4.78 is 17.2. The molecule has 11 heteroatoms. The monoisotopic (exact) mass is 492 g/mol. The molecule has 186 valence electrons. The van der Waals surface area contributed by atoms with E-state index in [4.69, 9.17) is 9.15 Å². The van der Waals surface area contributed by atoms with Gasteiger partial charge in [-0.3, -0.25) is 14.5 Å². The maximum atomic E-state index is 13.0. The summed E-state index contributed by atoms with van der Waals surface area (Å²) in [6.07, 6.45) is 3.40. The number of imide groups is 1. The summed E-state index contributed by atoms with van der Waals surface area (Å²) in [6, 6.07) is 9.88. The van der Waals surface area contributed by atoms with E-state index in [0.717, 1.165) is 15.8 Å². The molecule has 0 atom stereocenters. The Balaban J connectivity index is 1.37. The zero-order valence-electron chi connectivity index (χ0n) is 19.6. The van der Waals surface area contributed by atoms with Crippen LogP contribution in [-0.2, 0) is 32.2 Å². The molecule has 2 saturated heterocycles. The number of carbonyl (C=O) groups excluding carboxylic acids is 4. The van der Waals surface area contributed by atoms with Crippen LogP contribution in [0.2, 0.25) is 0 Å². The first kappa shape index (κ1) is 23.4. The lowest BCUT2D eigenvalue weighted by molar-refractivity contribution is -0.135. The quantitative estimate of drug-likeness (QED) is 0.317. The van der Waals surface area contributed by atoms with Gasteiger partial charge in [0, 0.05) is 35.8 Å². The van der Waals surface area contributed by atoms with Crippen molar-refractivity contribution in [3.05, 3.63) is 65.4 Å². The fourth-order valence-electron chi connectivity index (χ4n) is 4.28. The van der Waals surface area contributed by atoms with Gasteiger partial charge in [0.05, 0.1) is 26.9 Å². The second-order valence-corrected chi connectivity index (χ2v) is 8.36. The van der Waals surface area contributed by atoms with E-state index in [-0.39, 0.29) is 36.2 Å². The fraction of sp³-hybridized carbons (Fsp3) is 0.280. The van der Waals surface area contributed by atoms with Crippen molar-refractivity contribution in [2.75, 3.05) is 33.4 Å². The average molecular weight is 492 g/mol. The van der Waals surface area contributed by atoms with Crippen LogP contribution in [0.25, 0.3) is 17.0 Å². The molecule has 2 aliphatic heterocycles. The molecule has 5 rings (SSSR count). The molecule has 2 aliphatic rings. The van der Waals surface area contributed by atoms with E-state index in [9.17, 15) is 19.2 Å². The Morgan fingerprint density at radius 2 is 1.89 bits per heavy atom. The Morgan fingerprint density at radius 1 is 1.11 bits per heavy atom. The number of fused-ring (bicyclic) bond motifs is 1. The van der Waals surface area contributed by atoms with Crippen molar-refractivity contribution in [1.82, 2.24) is 19.7 Å². The van der Waals surface area contributed by atoms with Crippen LogP contribution in [0.5, 0.6) is 0 Å². The Morgan fingerprint density at radius 3 is 2.67 bits per heavy atom. The van der Waals surface area contributed by atoms with E-state index in [2.05, 4.69) is 10.1 Å². The third-order valence-corrected chi connectivity index (χ3v) is 6.11. The van der Waals surface area contributed by atoms with Gasteiger partial charge in [-0.15, -0.1) is 0 Å². The number of hydrogen-bond acceptors (Lipinski definition) is 7. The van der Waals surface area contributed by atoms with E-state index in [0.29, 0.717) is 31.9 Å². The van der Waals surface area contributed by atoms with Crippen molar-refractivity contribution in [1.29, 1.82) is 0 Å². The van der Waals surface area contributed by atoms with Crippen molar-refractivity contribution in [2.24, 2.45) is 0 Å². The third-order valence-electron chi connectivity index (χ3n) is 6.11. The summed E-state index contributed by atoms with van der Waals surface area (Å²) in [4.78, 5) is 52.7. The van der Waals surface area contributed by atoms with Gasteiger partial charge >= 0.3 is 12.0 Å². The molecule has 0 saturated carbocycles. The molecular formula is C25H24N4O7.